The molecule has 0 radical (unpaired) electrons. The van der Waals surface area contributed by atoms with E-state index in [0.717, 1.165) is 36.2 Å². The summed E-state index contributed by atoms with van der Waals surface area (Å²) in [6.45, 7) is 8.75. The van der Waals surface area contributed by atoms with Gasteiger partial charge in [-0.15, -0.1) is 0 Å². The Labute approximate surface area is 199 Å². The van der Waals surface area contributed by atoms with Gasteiger partial charge in [-0.3, -0.25) is 0 Å². The van der Waals surface area contributed by atoms with Crippen LogP contribution in [0.2, 0.25) is 0 Å². The van der Waals surface area contributed by atoms with Crippen molar-refractivity contribution in [3.63, 3.8) is 0 Å². The lowest BCUT2D eigenvalue weighted by Gasteiger charge is -2.19. The van der Waals surface area contributed by atoms with Crippen molar-refractivity contribution in [1.29, 1.82) is 0 Å². The number of oxime groups is 1. The smallest absolute Gasteiger partial charge is 0.437 e. The number of halogens is 3. The third-order valence-corrected chi connectivity index (χ3v) is 4.92. The highest BCUT2D eigenvalue weighted by molar-refractivity contribution is 6.04. The first kappa shape index (κ1) is 27.1. The molecule has 0 aliphatic heterocycles. The van der Waals surface area contributed by atoms with Crippen LogP contribution in [0.25, 0.3) is 0 Å². The zero-order valence-corrected chi connectivity index (χ0v) is 20.2. The number of allylic oxidation sites excluding steroid dienone is 1. The first-order chi connectivity index (χ1) is 16.2. The summed E-state index contributed by atoms with van der Waals surface area (Å²) in [5, 5.41) is 3.11. The fraction of sp³-hybridized carbons (Fsp3) is 0.423. The molecule has 0 aliphatic carbocycles. The SMILES string of the molecule is C/C=C/COc1cc(C)c(OC(C)CCCOc2cccc(C(=NOC)C(F)(F)F)c2)c(C)c1. The monoisotopic (exact) mass is 479 g/mol. The summed E-state index contributed by atoms with van der Waals surface area (Å²) in [6.07, 6.45) is 0.581. The topological polar surface area (TPSA) is 49.3 Å². The van der Waals surface area contributed by atoms with Gasteiger partial charge in [-0.1, -0.05) is 29.4 Å². The van der Waals surface area contributed by atoms with Gasteiger partial charge in [-0.25, -0.2) is 0 Å². The molecular weight excluding hydrogens is 447 g/mol. The molecule has 0 N–H and O–H groups in total. The number of hydrogen-bond donors (Lipinski definition) is 0. The van der Waals surface area contributed by atoms with E-state index in [4.69, 9.17) is 14.2 Å². The van der Waals surface area contributed by atoms with Crippen molar-refractivity contribution >= 4 is 5.71 Å². The van der Waals surface area contributed by atoms with Crippen LogP contribution >= 0.6 is 0 Å². The van der Waals surface area contributed by atoms with Crippen LogP contribution in [0.15, 0.2) is 53.7 Å². The van der Waals surface area contributed by atoms with Crippen LogP contribution in [0.3, 0.4) is 0 Å². The number of hydrogen-bond acceptors (Lipinski definition) is 5. The summed E-state index contributed by atoms with van der Waals surface area (Å²) in [4.78, 5) is 4.35. The van der Waals surface area contributed by atoms with E-state index in [1.54, 1.807) is 6.07 Å². The number of benzene rings is 2. The molecule has 0 aromatic heterocycles. The molecule has 0 spiro atoms. The minimum absolute atomic E-state index is 0.0622. The Morgan fingerprint density at radius 3 is 2.38 bits per heavy atom. The van der Waals surface area contributed by atoms with E-state index >= 15 is 0 Å². The average molecular weight is 480 g/mol. The van der Waals surface area contributed by atoms with Crippen LogP contribution in [0.1, 0.15) is 43.4 Å². The summed E-state index contributed by atoms with van der Waals surface area (Å²) in [5.74, 6) is 1.96. The minimum atomic E-state index is -4.63. The maximum absolute atomic E-state index is 13.2. The molecule has 0 heterocycles. The van der Waals surface area contributed by atoms with E-state index in [0.29, 0.717) is 25.4 Å². The summed E-state index contributed by atoms with van der Waals surface area (Å²) in [7, 11) is 1.08. The first-order valence-electron chi connectivity index (χ1n) is 11.1. The highest BCUT2D eigenvalue weighted by Crippen LogP contribution is 2.30. The van der Waals surface area contributed by atoms with E-state index in [-0.39, 0.29) is 11.7 Å². The van der Waals surface area contributed by atoms with Crippen molar-refractivity contribution in [2.75, 3.05) is 20.3 Å². The van der Waals surface area contributed by atoms with E-state index in [1.807, 2.05) is 52.0 Å². The van der Waals surface area contributed by atoms with Gasteiger partial charge in [0, 0.05) is 5.56 Å². The molecule has 0 amide bonds. The Morgan fingerprint density at radius 1 is 1.06 bits per heavy atom. The second-order valence-electron chi connectivity index (χ2n) is 7.83. The maximum Gasteiger partial charge on any atom is 0.437 e. The van der Waals surface area contributed by atoms with Crippen LogP contribution in [0, 0.1) is 13.8 Å². The Hall–Kier alpha value is -3.16. The molecule has 5 nitrogen and oxygen atoms in total. The summed E-state index contributed by atoms with van der Waals surface area (Å²) in [6, 6.07) is 9.63. The van der Waals surface area contributed by atoms with Crippen LogP contribution < -0.4 is 14.2 Å². The van der Waals surface area contributed by atoms with Crippen LogP contribution in [-0.2, 0) is 4.84 Å². The third kappa shape index (κ3) is 8.32. The molecule has 1 atom stereocenters. The normalized spacial score (nSPS) is 13.1. The number of rotatable bonds is 12. The number of nitrogens with zero attached hydrogens (tertiary/aromatic N) is 1. The van der Waals surface area contributed by atoms with Crippen molar-refractivity contribution in [3.8, 4) is 17.2 Å². The van der Waals surface area contributed by atoms with Crippen molar-refractivity contribution in [1.82, 2.24) is 0 Å². The second kappa shape index (κ2) is 12.9. The minimum Gasteiger partial charge on any atom is -0.494 e. The van der Waals surface area contributed by atoms with Gasteiger partial charge in [0.05, 0.1) is 12.7 Å². The van der Waals surface area contributed by atoms with Crippen molar-refractivity contribution < 1.29 is 32.2 Å². The van der Waals surface area contributed by atoms with Gasteiger partial charge in [0.25, 0.3) is 0 Å². The molecule has 0 saturated heterocycles. The highest BCUT2D eigenvalue weighted by Gasteiger charge is 2.38. The molecule has 186 valence electrons. The Morgan fingerprint density at radius 2 is 1.76 bits per heavy atom. The lowest BCUT2D eigenvalue weighted by atomic mass is 10.1. The van der Waals surface area contributed by atoms with E-state index in [2.05, 4.69) is 9.99 Å². The fourth-order valence-corrected chi connectivity index (χ4v) is 3.33. The standard InChI is InChI=1S/C26H32F3NO4/c1-6-7-13-33-23-15-18(2)24(19(3)16-23)34-20(4)10-9-14-32-22-12-8-11-21(17-22)25(30-31-5)26(27,28)29/h6-8,11-12,15-17,20H,9-10,13-14H2,1-5H3/b7-6+,30-25?. The Balaban J connectivity index is 1.89. The van der Waals surface area contributed by atoms with Crippen molar-refractivity contribution in [2.24, 2.45) is 5.16 Å². The molecular formula is C26H32F3NO4. The van der Waals surface area contributed by atoms with Crippen LogP contribution in [0.5, 0.6) is 17.2 Å². The number of ether oxygens (including phenoxy) is 3. The summed E-state index contributed by atoms with van der Waals surface area (Å²) < 4.78 is 57.0. The molecule has 2 rings (SSSR count). The van der Waals surface area contributed by atoms with E-state index in [9.17, 15) is 13.2 Å². The van der Waals surface area contributed by atoms with Gasteiger partial charge in [0.2, 0.25) is 0 Å². The zero-order valence-electron chi connectivity index (χ0n) is 20.2. The highest BCUT2D eigenvalue weighted by atomic mass is 19.4. The fourth-order valence-electron chi connectivity index (χ4n) is 3.33. The van der Waals surface area contributed by atoms with Crippen molar-refractivity contribution in [3.05, 3.63) is 65.2 Å². The molecule has 2 aromatic carbocycles. The van der Waals surface area contributed by atoms with Gasteiger partial charge in [-0.05, 0) is 75.9 Å². The molecule has 8 heteroatoms. The summed E-state index contributed by atoms with van der Waals surface area (Å²) in [5.41, 5.74) is 0.765. The number of aryl methyl sites for hydroxylation is 2. The largest absolute Gasteiger partial charge is 0.494 e. The lowest BCUT2D eigenvalue weighted by Crippen LogP contribution is -2.24. The van der Waals surface area contributed by atoms with Gasteiger partial charge in [0.1, 0.15) is 31.0 Å². The van der Waals surface area contributed by atoms with Crippen LogP contribution in [0.4, 0.5) is 13.2 Å². The lowest BCUT2D eigenvalue weighted by molar-refractivity contribution is -0.0608. The van der Waals surface area contributed by atoms with Gasteiger partial charge >= 0.3 is 6.18 Å². The molecule has 2 aromatic rings. The first-order valence-corrected chi connectivity index (χ1v) is 11.1. The number of alkyl halides is 3. The van der Waals surface area contributed by atoms with Gasteiger partial charge < -0.3 is 19.0 Å². The summed E-state index contributed by atoms with van der Waals surface area (Å²) >= 11 is 0. The molecule has 34 heavy (non-hydrogen) atoms. The molecule has 0 aliphatic rings. The molecule has 0 saturated carbocycles. The Bertz CT molecular complexity index is 963. The average Bonchev–Trinajstić information content (AvgIpc) is 2.77. The third-order valence-electron chi connectivity index (χ3n) is 4.92. The quantitative estimate of drug-likeness (QED) is 0.145. The molecule has 0 fully saturated rings. The maximum atomic E-state index is 13.2. The van der Waals surface area contributed by atoms with E-state index < -0.39 is 11.9 Å². The van der Waals surface area contributed by atoms with Gasteiger partial charge in [0.15, 0.2) is 5.71 Å². The second-order valence-corrected chi connectivity index (χ2v) is 7.83. The van der Waals surface area contributed by atoms with Crippen LogP contribution in [-0.4, -0.2) is 38.3 Å². The van der Waals surface area contributed by atoms with Gasteiger partial charge in [-0.2, -0.15) is 13.2 Å². The van der Waals surface area contributed by atoms with Crippen molar-refractivity contribution in [2.45, 2.75) is 52.8 Å². The predicted molar refractivity (Wildman–Crippen MR) is 127 cm³/mol. The molecule has 1 unspecified atom stereocenters. The molecule has 0 bridgehead atoms. The zero-order chi connectivity index (χ0) is 25.1. The predicted octanol–water partition coefficient (Wildman–Crippen LogP) is 6.80. The Kier molecular flexibility index (Phi) is 10.3. The van der Waals surface area contributed by atoms with E-state index in [1.165, 1.54) is 18.2 Å².